The van der Waals surface area contributed by atoms with Crippen molar-refractivity contribution in [1.29, 1.82) is 0 Å². The number of aromatic amines is 1. The number of nitrogens with zero attached hydrogens (tertiary/aromatic N) is 3. The van der Waals surface area contributed by atoms with E-state index in [0.717, 1.165) is 54.4 Å². The quantitative estimate of drug-likeness (QED) is 0.680. The molecule has 0 bridgehead atoms. The summed E-state index contributed by atoms with van der Waals surface area (Å²) >= 11 is 1.59. The van der Waals surface area contributed by atoms with Crippen LogP contribution in [-0.4, -0.2) is 19.7 Å². The van der Waals surface area contributed by atoms with Crippen LogP contribution in [0.4, 0.5) is 0 Å². The van der Waals surface area contributed by atoms with E-state index in [1.54, 1.807) is 11.8 Å². The van der Waals surface area contributed by atoms with Gasteiger partial charge in [0.15, 0.2) is 5.16 Å². The highest BCUT2D eigenvalue weighted by Crippen LogP contribution is 2.24. The molecule has 0 radical (unpaired) electrons. The third-order valence-corrected chi connectivity index (χ3v) is 4.87. The molecule has 0 unspecified atom stereocenters. The molecule has 1 aliphatic carbocycles. The Kier molecular flexibility index (Phi) is 4.14. The highest BCUT2D eigenvalue weighted by Gasteiger charge is 2.17. The Hall–Kier alpha value is -1.56. The van der Waals surface area contributed by atoms with Gasteiger partial charge in [0.05, 0.1) is 17.6 Å². The van der Waals surface area contributed by atoms with Crippen molar-refractivity contribution in [3.8, 4) is 0 Å². The number of rotatable bonds is 5. The molecule has 2 aromatic heterocycles. The fourth-order valence-corrected chi connectivity index (χ4v) is 3.76. The maximum atomic E-state index is 12.0. The van der Waals surface area contributed by atoms with Crippen molar-refractivity contribution in [2.45, 2.75) is 57.0 Å². The molecule has 1 N–H and O–H groups in total. The molecule has 112 valence electrons. The van der Waals surface area contributed by atoms with Crippen molar-refractivity contribution in [3.63, 3.8) is 0 Å². The molecule has 1 aliphatic rings. The second-order valence-corrected chi connectivity index (χ2v) is 6.19. The monoisotopic (exact) mass is 304 g/mol. The lowest BCUT2D eigenvalue weighted by molar-refractivity contribution is 0.635. The summed E-state index contributed by atoms with van der Waals surface area (Å²) in [6, 6.07) is 0. The third kappa shape index (κ3) is 2.77. The molecule has 0 amide bonds. The van der Waals surface area contributed by atoms with Crippen LogP contribution in [0.1, 0.15) is 42.8 Å². The molecule has 0 saturated heterocycles. The molecule has 3 rings (SSSR count). The predicted molar refractivity (Wildman–Crippen MR) is 83.7 cm³/mol. The fourth-order valence-electron chi connectivity index (χ4n) is 2.81. The SMILES string of the molecule is CCc1cnn(CC)c1CSc1nc2c(c(=O)[nH]1)CCC2. The van der Waals surface area contributed by atoms with Crippen molar-refractivity contribution in [1.82, 2.24) is 19.7 Å². The first-order valence-corrected chi connectivity index (χ1v) is 8.49. The Labute approximate surface area is 128 Å². The standard InChI is InChI=1S/C15H20N4OS/c1-3-10-8-16-19(4-2)13(10)9-21-15-17-12-7-5-6-11(12)14(20)18-15/h8H,3-7,9H2,1-2H3,(H,17,18,20). The highest BCUT2D eigenvalue weighted by molar-refractivity contribution is 7.98. The van der Waals surface area contributed by atoms with Gasteiger partial charge in [0, 0.05) is 17.9 Å². The van der Waals surface area contributed by atoms with E-state index in [0.29, 0.717) is 0 Å². The van der Waals surface area contributed by atoms with Gasteiger partial charge >= 0.3 is 0 Å². The largest absolute Gasteiger partial charge is 0.301 e. The van der Waals surface area contributed by atoms with Gasteiger partial charge in [-0.05, 0) is 38.2 Å². The van der Waals surface area contributed by atoms with Gasteiger partial charge in [-0.1, -0.05) is 18.7 Å². The second kappa shape index (κ2) is 6.05. The van der Waals surface area contributed by atoms with Gasteiger partial charge in [-0.3, -0.25) is 9.48 Å². The molecule has 0 spiro atoms. The van der Waals surface area contributed by atoms with Crippen LogP contribution in [0.25, 0.3) is 0 Å². The molecule has 0 saturated carbocycles. The van der Waals surface area contributed by atoms with E-state index in [9.17, 15) is 4.79 Å². The molecular formula is C15H20N4OS. The van der Waals surface area contributed by atoms with Crippen LogP contribution in [0, 0.1) is 0 Å². The van der Waals surface area contributed by atoms with Crippen LogP contribution in [0.2, 0.25) is 0 Å². The minimum Gasteiger partial charge on any atom is -0.301 e. The number of aryl methyl sites for hydroxylation is 3. The van der Waals surface area contributed by atoms with Gasteiger partial charge in [-0.2, -0.15) is 5.10 Å². The number of thioether (sulfide) groups is 1. The summed E-state index contributed by atoms with van der Waals surface area (Å²) in [6.45, 7) is 5.10. The van der Waals surface area contributed by atoms with Crippen LogP contribution >= 0.6 is 11.8 Å². The summed E-state index contributed by atoms with van der Waals surface area (Å²) in [7, 11) is 0. The van der Waals surface area contributed by atoms with Crippen molar-refractivity contribution < 1.29 is 0 Å². The smallest absolute Gasteiger partial charge is 0.254 e. The first-order chi connectivity index (χ1) is 10.2. The van der Waals surface area contributed by atoms with Gasteiger partial charge < -0.3 is 4.98 Å². The lowest BCUT2D eigenvalue weighted by Gasteiger charge is -2.07. The van der Waals surface area contributed by atoms with Crippen LogP contribution in [-0.2, 0) is 31.6 Å². The summed E-state index contributed by atoms with van der Waals surface area (Å²) in [4.78, 5) is 19.5. The lowest BCUT2D eigenvalue weighted by Crippen LogP contribution is -2.15. The average Bonchev–Trinajstić information content (AvgIpc) is 3.10. The van der Waals surface area contributed by atoms with E-state index < -0.39 is 0 Å². The summed E-state index contributed by atoms with van der Waals surface area (Å²) in [5, 5.41) is 5.13. The molecule has 21 heavy (non-hydrogen) atoms. The first-order valence-electron chi connectivity index (χ1n) is 7.51. The molecule has 5 nitrogen and oxygen atoms in total. The second-order valence-electron chi connectivity index (χ2n) is 5.22. The third-order valence-electron chi connectivity index (χ3n) is 3.98. The van der Waals surface area contributed by atoms with Crippen LogP contribution in [0.5, 0.6) is 0 Å². The average molecular weight is 304 g/mol. The van der Waals surface area contributed by atoms with Gasteiger partial charge in [-0.25, -0.2) is 4.98 Å². The number of hydrogen-bond donors (Lipinski definition) is 1. The Balaban J connectivity index is 1.81. The molecule has 0 fully saturated rings. The van der Waals surface area contributed by atoms with Gasteiger partial charge in [0.2, 0.25) is 0 Å². The number of fused-ring (bicyclic) bond motifs is 1. The summed E-state index contributed by atoms with van der Waals surface area (Å²) in [5.41, 5.74) is 4.41. The molecule has 6 heteroatoms. The summed E-state index contributed by atoms with van der Waals surface area (Å²) < 4.78 is 2.03. The van der Waals surface area contributed by atoms with E-state index in [2.05, 4.69) is 28.9 Å². The summed E-state index contributed by atoms with van der Waals surface area (Å²) in [5.74, 6) is 0.790. The zero-order chi connectivity index (χ0) is 14.8. The predicted octanol–water partition coefficient (Wildman–Crippen LogP) is 2.33. The minimum absolute atomic E-state index is 0.0414. The Morgan fingerprint density at radius 2 is 2.24 bits per heavy atom. The number of H-pyrrole nitrogens is 1. The van der Waals surface area contributed by atoms with Crippen molar-refractivity contribution in [3.05, 3.63) is 39.1 Å². The van der Waals surface area contributed by atoms with Crippen LogP contribution in [0.15, 0.2) is 16.1 Å². The maximum absolute atomic E-state index is 12.0. The molecule has 0 aromatic carbocycles. The Bertz CT molecular complexity index is 683. The van der Waals surface area contributed by atoms with Gasteiger partial charge in [-0.15, -0.1) is 0 Å². The lowest BCUT2D eigenvalue weighted by atomic mass is 10.2. The van der Waals surface area contributed by atoms with E-state index in [-0.39, 0.29) is 5.56 Å². The van der Waals surface area contributed by atoms with Crippen molar-refractivity contribution >= 4 is 11.8 Å². The normalized spacial score (nSPS) is 13.6. The van der Waals surface area contributed by atoms with Crippen LogP contribution < -0.4 is 5.56 Å². The fraction of sp³-hybridized carbons (Fsp3) is 0.533. The van der Waals surface area contributed by atoms with E-state index in [1.807, 2.05) is 10.9 Å². The first kappa shape index (κ1) is 14.4. The maximum Gasteiger partial charge on any atom is 0.254 e. The number of nitrogens with one attached hydrogen (secondary N) is 1. The molecule has 0 aliphatic heterocycles. The zero-order valence-electron chi connectivity index (χ0n) is 12.5. The number of aromatic nitrogens is 4. The highest BCUT2D eigenvalue weighted by atomic mass is 32.2. The van der Waals surface area contributed by atoms with E-state index in [4.69, 9.17) is 0 Å². The topological polar surface area (TPSA) is 63.6 Å². The summed E-state index contributed by atoms with van der Waals surface area (Å²) in [6.07, 6.45) is 5.76. The van der Waals surface area contributed by atoms with Gasteiger partial charge in [0.25, 0.3) is 5.56 Å². The Morgan fingerprint density at radius 1 is 1.38 bits per heavy atom. The zero-order valence-corrected chi connectivity index (χ0v) is 13.3. The van der Waals surface area contributed by atoms with Gasteiger partial charge in [0.1, 0.15) is 0 Å². The molecular weight excluding hydrogens is 284 g/mol. The van der Waals surface area contributed by atoms with Crippen molar-refractivity contribution in [2.75, 3.05) is 0 Å². The van der Waals surface area contributed by atoms with E-state index >= 15 is 0 Å². The minimum atomic E-state index is 0.0414. The molecule has 0 atom stereocenters. The Morgan fingerprint density at radius 3 is 3.00 bits per heavy atom. The molecule has 2 heterocycles. The van der Waals surface area contributed by atoms with Crippen LogP contribution in [0.3, 0.4) is 0 Å². The van der Waals surface area contributed by atoms with E-state index in [1.165, 1.54) is 11.3 Å². The molecule has 2 aromatic rings. The van der Waals surface area contributed by atoms with Crippen molar-refractivity contribution in [2.24, 2.45) is 0 Å². The number of hydrogen-bond acceptors (Lipinski definition) is 4.